The fourth-order valence-corrected chi connectivity index (χ4v) is 2.93. The van der Waals surface area contributed by atoms with Crippen LogP contribution in [-0.4, -0.2) is 6.29 Å². The van der Waals surface area contributed by atoms with Gasteiger partial charge in [0.1, 0.15) is 6.29 Å². The van der Waals surface area contributed by atoms with Crippen LogP contribution >= 0.6 is 0 Å². The maximum absolute atomic E-state index is 11.2. The maximum atomic E-state index is 11.2. The molecule has 2 bridgehead atoms. The lowest BCUT2D eigenvalue weighted by Gasteiger charge is -2.29. The van der Waals surface area contributed by atoms with Crippen LogP contribution in [0.1, 0.15) is 26.2 Å². The Kier molecular flexibility index (Phi) is 1.90. The SMILES string of the molecule is C=C(C)CC1(C=O)CC2C=CC1C2. The highest BCUT2D eigenvalue weighted by Crippen LogP contribution is 2.53. The van der Waals surface area contributed by atoms with E-state index in [1.54, 1.807) is 0 Å². The number of carbonyl (C=O) groups is 1. The van der Waals surface area contributed by atoms with Gasteiger partial charge in [-0.3, -0.25) is 0 Å². The summed E-state index contributed by atoms with van der Waals surface area (Å²) >= 11 is 0. The average Bonchev–Trinajstić information content (AvgIpc) is 2.62. The number of allylic oxidation sites excluding steroid dienone is 3. The van der Waals surface area contributed by atoms with Crippen molar-refractivity contribution in [1.29, 1.82) is 0 Å². The molecule has 2 aliphatic rings. The van der Waals surface area contributed by atoms with E-state index in [2.05, 4.69) is 18.7 Å². The average molecular weight is 176 g/mol. The molecule has 0 radical (unpaired) electrons. The van der Waals surface area contributed by atoms with E-state index in [4.69, 9.17) is 0 Å². The number of hydrogen-bond donors (Lipinski definition) is 0. The van der Waals surface area contributed by atoms with Crippen LogP contribution in [-0.2, 0) is 4.79 Å². The minimum Gasteiger partial charge on any atom is -0.303 e. The van der Waals surface area contributed by atoms with Crippen molar-refractivity contribution >= 4 is 6.29 Å². The minimum atomic E-state index is -0.0920. The fourth-order valence-electron chi connectivity index (χ4n) is 2.93. The third-order valence-electron chi connectivity index (χ3n) is 3.42. The Labute approximate surface area is 79.5 Å². The molecule has 0 amide bonds. The van der Waals surface area contributed by atoms with Crippen LogP contribution in [0.15, 0.2) is 24.3 Å². The molecule has 0 aromatic heterocycles. The summed E-state index contributed by atoms with van der Waals surface area (Å²) in [5.41, 5.74) is 1.04. The van der Waals surface area contributed by atoms with Crippen LogP contribution in [0.5, 0.6) is 0 Å². The molecule has 1 fully saturated rings. The number of carbonyl (C=O) groups excluding carboxylic acids is 1. The van der Waals surface area contributed by atoms with Gasteiger partial charge in [0.25, 0.3) is 0 Å². The van der Waals surface area contributed by atoms with Crippen LogP contribution in [0.2, 0.25) is 0 Å². The quantitative estimate of drug-likeness (QED) is 0.477. The Morgan fingerprint density at radius 2 is 2.46 bits per heavy atom. The molecule has 2 aliphatic carbocycles. The fraction of sp³-hybridized carbons (Fsp3) is 0.583. The van der Waals surface area contributed by atoms with Gasteiger partial charge < -0.3 is 4.79 Å². The molecule has 3 unspecified atom stereocenters. The Balaban J connectivity index is 2.22. The van der Waals surface area contributed by atoms with Crippen molar-refractivity contribution in [3.8, 4) is 0 Å². The molecule has 0 saturated heterocycles. The van der Waals surface area contributed by atoms with Gasteiger partial charge in [0.15, 0.2) is 0 Å². The van der Waals surface area contributed by atoms with Gasteiger partial charge in [0.2, 0.25) is 0 Å². The summed E-state index contributed by atoms with van der Waals surface area (Å²) in [6, 6.07) is 0. The highest BCUT2D eigenvalue weighted by Gasteiger charge is 2.47. The predicted octanol–water partition coefficient (Wildman–Crippen LogP) is 2.73. The first-order chi connectivity index (χ1) is 6.16. The topological polar surface area (TPSA) is 17.1 Å². The first kappa shape index (κ1) is 8.74. The van der Waals surface area contributed by atoms with Crippen LogP contribution in [0.25, 0.3) is 0 Å². The molecule has 0 spiro atoms. The van der Waals surface area contributed by atoms with Gasteiger partial charge in [0.05, 0.1) is 0 Å². The van der Waals surface area contributed by atoms with E-state index >= 15 is 0 Å². The molecule has 0 aromatic carbocycles. The Bertz CT molecular complexity index is 277. The molecule has 3 atom stereocenters. The highest BCUT2D eigenvalue weighted by molar-refractivity contribution is 5.63. The van der Waals surface area contributed by atoms with Gasteiger partial charge in [-0.1, -0.05) is 17.7 Å². The number of fused-ring (bicyclic) bond motifs is 2. The number of hydrogen-bond acceptors (Lipinski definition) is 1. The van der Waals surface area contributed by atoms with E-state index in [1.165, 1.54) is 12.7 Å². The summed E-state index contributed by atoms with van der Waals surface area (Å²) in [5, 5.41) is 0. The lowest BCUT2D eigenvalue weighted by molar-refractivity contribution is -0.117. The zero-order valence-corrected chi connectivity index (χ0v) is 8.12. The van der Waals surface area contributed by atoms with E-state index < -0.39 is 0 Å². The Morgan fingerprint density at radius 1 is 1.69 bits per heavy atom. The molecule has 1 nitrogen and oxygen atoms in total. The monoisotopic (exact) mass is 176 g/mol. The second kappa shape index (κ2) is 2.83. The van der Waals surface area contributed by atoms with Crippen LogP contribution in [0.3, 0.4) is 0 Å². The maximum Gasteiger partial charge on any atom is 0.127 e. The van der Waals surface area contributed by atoms with Crippen LogP contribution < -0.4 is 0 Å². The molecule has 1 heteroatoms. The summed E-state index contributed by atoms with van der Waals surface area (Å²) in [7, 11) is 0. The second-order valence-electron chi connectivity index (χ2n) is 4.68. The summed E-state index contributed by atoms with van der Waals surface area (Å²) in [6.45, 7) is 5.93. The van der Waals surface area contributed by atoms with Crippen LogP contribution in [0.4, 0.5) is 0 Å². The van der Waals surface area contributed by atoms with Crippen LogP contribution in [0, 0.1) is 17.3 Å². The summed E-state index contributed by atoms with van der Waals surface area (Å²) < 4.78 is 0. The zero-order chi connectivity index (χ0) is 9.47. The molecule has 70 valence electrons. The van der Waals surface area contributed by atoms with Crippen molar-refractivity contribution < 1.29 is 4.79 Å². The van der Waals surface area contributed by atoms with E-state index in [-0.39, 0.29) is 5.41 Å². The normalized spacial score (nSPS) is 41.0. The smallest absolute Gasteiger partial charge is 0.127 e. The second-order valence-corrected chi connectivity index (χ2v) is 4.68. The molecule has 13 heavy (non-hydrogen) atoms. The largest absolute Gasteiger partial charge is 0.303 e. The zero-order valence-electron chi connectivity index (χ0n) is 8.12. The molecular weight excluding hydrogens is 160 g/mol. The Hall–Kier alpha value is -0.850. The standard InChI is InChI=1S/C12H16O/c1-9(2)6-12(8-13)7-10-3-4-11(12)5-10/h3-4,8,10-11H,1,5-7H2,2H3. The molecule has 2 rings (SSSR count). The van der Waals surface area contributed by atoms with Gasteiger partial charge in [-0.05, 0) is 38.0 Å². The van der Waals surface area contributed by atoms with Crippen molar-refractivity contribution in [2.45, 2.75) is 26.2 Å². The highest BCUT2D eigenvalue weighted by atomic mass is 16.1. The summed E-state index contributed by atoms with van der Waals surface area (Å²) in [5.74, 6) is 1.15. The van der Waals surface area contributed by atoms with Crippen molar-refractivity contribution in [2.75, 3.05) is 0 Å². The first-order valence-corrected chi connectivity index (χ1v) is 4.95. The summed E-state index contributed by atoms with van der Waals surface area (Å²) in [4.78, 5) is 11.2. The van der Waals surface area contributed by atoms with Gasteiger partial charge >= 0.3 is 0 Å². The van der Waals surface area contributed by atoms with Gasteiger partial charge in [-0.2, -0.15) is 0 Å². The molecule has 0 heterocycles. The van der Waals surface area contributed by atoms with Crippen molar-refractivity contribution in [3.63, 3.8) is 0 Å². The predicted molar refractivity (Wildman–Crippen MR) is 53.3 cm³/mol. The van der Waals surface area contributed by atoms with Gasteiger partial charge in [-0.25, -0.2) is 0 Å². The van der Waals surface area contributed by atoms with Crippen molar-refractivity contribution in [2.24, 2.45) is 17.3 Å². The molecule has 0 aromatic rings. The lowest BCUT2D eigenvalue weighted by Crippen LogP contribution is -2.27. The number of rotatable bonds is 3. The Morgan fingerprint density at radius 3 is 2.85 bits per heavy atom. The number of aldehydes is 1. The molecule has 0 aliphatic heterocycles. The molecular formula is C12H16O. The van der Waals surface area contributed by atoms with E-state index in [0.29, 0.717) is 11.8 Å². The third-order valence-corrected chi connectivity index (χ3v) is 3.42. The summed E-state index contributed by atoms with van der Waals surface area (Å²) in [6.07, 6.45) is 8.78. The van der Waals surface area contributed by atoms with E-state index in [1.807, 2.05) is 6.92 Å². The first-order valence-electron chi connectivity index (χ1n) is 4.95. The van der Waals surface area contributed by atoms with Gasteiger partial charge in [-0.15, -0.1) is 6.58 Å². The van der Waals surface area contributed by atoms with Gasteiger partial charge in [0, 0.05) is 5.41 Å². The third kappa shape index (κ3) is 1.27. The van der Waals surface area contributed by atoms with E-state index in [0.717, 1.165) is 18.4 Å². The molecule has 1 saturated carbocycles. The van der Waals surface area contributed by atoms with Crippen molar-refractivity contribution in [3.05, 3.63) is 24.3 Å². The van der Waals surface area contributed by atoms with Crippen molar-refractivity contribution in [1.82, 2.24) is 0 Å². The minimum absolute atomic E-state index is 0.0920. The lowest BCUT2D eigenvalue weighted by atomic mass is 9.73. The molecule has 0 N–H and O–H groups in total. The van der Waals surface area contributed by atoms with E-state index in [9.17, 15) is 4.79 Å².